The van der Waals surface area contributed by atoms with Crippen LogP contribution in [0.2, 0.25) is 0 Å². The van der Waals surface area contributed by atoms with Gasteiger partial charge in [-0.15, -0.1) is 11.3 Å². The molecule has 0 aliphatic heterocycles. The van der Waals surface area contributed by atoms with Gasteiger partial charge in [0.15, 0.2) is 5.13 Å². The zero-order valence-electron chi connectivity index (χ0n) is 8.92. The zero-order valence-corrected chi connectivity index (χ0v) is 9.73. The van der Waals surface area contributed by atoms with E-state index in [4.69, 9.17) is 5.73 Å². The van der Waals surface area contributed by atoms with Crippen molar-refractivity contribution in [3.8, 4) is 0 Å². The Morgan fingerprint density at radius 3 is 2.93 bits per heavy atom. The largest absolute Gasteiger partial charge is 0.375 e. The van der Waals surface area contributed by atoms with Gasteiger partial charge in [-0.1, -0.05) is 20.3 Å². The molecule has 0 spiro atoms. The van der Waals surface area contributed by atoms with Gasteiger partial charge in [0.1, 0.15) is 0 Å². The second-order valence-corrected chi connectivity index (χ2v) is 5.96. The van der Waals surface area contributed by atoms with Gasteiger partial charge in [0.25, 0.3) is 0 Å². The van der Waals surface area contributed by atoms with E-state index in [1.54, 1.807) is 11.3 Å². The van der Waals surface area contributed by atoms with Crippen molar-refractivity contribution in [1.29, 1.82) is 0 Å². The summed E-state index contributed by atoms with van der Waals surface area (Å²) >= 11 is 1.56. The Kier molecular flexibility index (Phi) is 2.52. The number of anilines is 1. The lowest BCUT2D eigenvalue weighted by molar-refractivity contribution is 0.218. The quantitative estimate of drug-likeness (QED) is 0.771. The molecule has 14 heavy (non-hydrogen) atoms. The molecule has 0 saturated heterocycles. The van der Waals surface area contributed by atoms with Gasteiger partial charge < -0.3 is 5.73 Å². The summed E-state index contributed by atoms with van der Waals surface area (Å²) in [7, 11) is 0. The molecule has 1 unspecified atom stereocenters. The summed E-state index contributed by atoms with van der Waals surface area (Å²) in [6.07, 6.45) is 5.22. The van der Waals surface area contributed by atoms with E-state index in [1.165, 1.54) is 31.4 Å². The van der Waals surface area contributed by atoms with Crippen LogP contribution in [0.3, 0.4) is 0 Å². The molecule has 0 amide bonds. The predicted octanol–water partition coefficient (Wildman–Crippen LogP) is 3.41. The number of nitrogens with two attached hydrogens (primary N) is 1. The lowest BCUT2D eigenvalue weighted by Crippen LogP contribution is -2.21. The van der Waals surface area contributed by atoms with Crippen molar-refractivity contribution in [3.05, 3.63) is 11.1 Å². The highest BCUT2D eigenvalue weighted by atomic mass is 32.1. The van der Waals surface area contributed by atoms with E-state index in [-0.39, 0.29) is 0 Å². The summed E-state index contributed by atoms with van der Waals surface area (Å²) in [6.45, 7) is 4.71. The standard InChI is InChI=1S/C11H18N2S/c1-11(2)5-3-4-8(6-11)9-7-14-10(12)13-9/h7-8H,3-6H2,1-2H3,(H2,12,13). The third kappa shape index (κ3) is 2.08. The van der Waals surface area contributed by atoms with Crippen LogP contribution in [-0.2, 0) is 0 Å². The molecule has 3 heteroatoms. The molecule has 1 atom stereocenters. The van der Waals surface area contributed by atoms with Crippen molar-refractivity contribution >= 4 is 16.5 Å². The molecule has 0 aromatic carbocycles. The normalized spacial score (nSPS) is 26.3. The molecule has 1 aliphatic carbocycles. The summed E-state index contributed by atoms with van der Waals surface area (Å²) in [5, 5.41) is 2.84. The van der Waals surface area contributed by atoms with Crippen LogP contribution in [0.1, 0.15) is 51.1 Å². The maximum absolute atomic E-state index is 5.66. The molecule has 2 nitrogen and oxygen atoms in total. The van der Waals surface area contributed by atoms with Crippen LogP contribution in [0.25, 0.3) is 0 Å². The summed E-state index contributed by atoms with van der Waals surface area (Å²) in [4.78, 5) is 4.40. The molecule has 0 radical (unpaired) electrons. The first kappa shape index (κ1) is 9.97. The van der Waals surface area contributed by atoms with Crippen LogP contribution in [-0.4, -0.2) is 4.98 Å². The Bertz CT molecular complexity index is 317. The highest BCUT2D eigenvalue weighted by Gasteiger charge is 2.29. The van der Waals surface area contributed by atoms with Gasteiger partial charge >= 0.3 is 0 Å². The summed E-state index contributed by atoms with van der Waals surface area (Å²) in [5.74, 6) is 0.646. The maximum atomic E-state index is 5.66. The second-order valence-electron chi connectivity index (χ2n) is 5.07. The number of hydrogen-bond acceptors (Lipinski definition) is 3. The first-order valence-electron chi connectivity index (χ1n) is 5.28. The van der Waals surface area contributed by atoms with Crippen LogP contribution >= 0.6 is 11.3 Å². The highest BCUT2D eigenvalue weighted by molar-refractivity contribution is 7.13. The van der Waals surface area contributed by atoms with Gasteiger partial charge in [0, 0.05) is 11.3 Å². The average Bonchev–Trinajstić information content (AvgIpc) is 2.50. The molecule has 2 rings (SSSR count). The maximum Gasteiger partial charge on any atom is 0.180 e. The second kappa shape index (κ2) is 3.54. The fraction of sp³-hybridized carbons (Fsp3) is 0.727. The summed E-state index contributed by atoms with van der Waals surface area (Å²) in [5.41, 5.74) is 7.37. The molecule has 0 bridgehead atoms. The molecule has 2 N–H and O–H groups in total. The van der Waals surface area contributed by atoms with Crippen LogP contribution in [0.15, 0.2) is 5.38 Å². The van der Waals surface area contributed by atoms with Gasteiger partial charge in [0.05, 0.1) is 5.69 Å². The summed E-state index contributed by atoms with van der Waals surface area (Å²) < 4.78 is 0. The predicted molar refractivity (Wildman–Crippen MR) is 61.5 cm³/mol. The smallest absolute Gasteiger partial charge is 0.180 e. The first-order chi connectivity index (χ1) is 6.57. The van der Waals surface area contributed by atoms with E-state index in [0.717, 1.165) is 0 Å². The van der Waals surface area contributed by atoms with E-state index in [1.807, 2.05) is 0 Å². The molecular formula is C11H18N2S. The topological polar surface area (TPSA) is 38.9 Å². The molecule has 1 saturated carbocycles. The van der Waals surface area contributed by atoms with Gasteiger partial charge in [-0.2, -0.15) is 0 Å². The Morgan fingerprint density at radius 2 is 2.36 bits per heavy atom. The van der Waals surface area contributed by atoms with Crippen molar-refractivity contribution in [2.75, 3.05) is 5.73 Å². The molecule has 1 heterocycles. The Balaban J connectivity index is 2.12. The number of rotatable bonds is 1. The molecule has 1 fully saturated rings. The molecule has 1 aliphatic rings. The van der Waals surface area contributed by atoms with Gasteiger partial charge in [-0.25, -0.2) is 4.98 Å². The van der Waals surface area contributed by atoms with Crippen molar-refractivity contribution < 1.29 is 0 Å². The van der Waals surface area contributed by atoms with Crippen LogP contribution in [0, 0.1) is 5.41 Å². The SMILES string of the molecule is CC1(C)CCCC(c2csc(N)n2)C1. The summed E-state index contributed by atoms with van der Waals surface area (Å²) in [6, 6.07) is 0. The minimum atomic E-state index is 0.487. The van der Waals surface area contributed by atoms with Gasteiger partial charge in [-0.05, 0) is 24.7 Å². The van der Waals surface area contributed by atoms with Gasteiger partial charge in [0.2, 0.25) is 0 Å². The number of nitrogens with zero attached hydrogens (tertiary/aromatic N) is 1. The number of hydrogen-bond donors (Lipinski definition) is 1. The van der Waals surface area contributed by atoms with E-state index in [9.17, 15) is 0 Å². The minimum Gasteiger partial charge on any atom is -0.375 e. The molecule has 1 aromatic heterocycles. The Morgan fingerprint density at radius 1 is 1.57 bits per heavy atom. The van der Waals surface area contributed by atoms with Crippen LogP contribution < -0.4 is 5.73 Å². The van der Waals surface area contributed by atoms with Crippen molar-refractivity contribution in [3.63, 3.8) is 0 Å². The Labute approximate surface area is 89.5 Å². The fourth-order valence-corrected chi connectivity index (χ4v) is 3.08. The van der Waals surface area contributed by atoms with Crippen molar-refractivity contribution in [2.24, 2.45) is 5.41 Å². The van der Waals surface area contributed by atoms with Crippen molar-refractivity contribution in [2.45, 2.75) is 45.4 Å². The van der Waals surface area contributed by atoms with Crippen molar-refractivity contribution in [1.82, 2.24) is 4.98 Å². The van der Waals surface area contributed by atoms with E-state index >= 15 is 0 Å². The minimum absolute atomic E-state index is 0.487. The Hall–Kier alpha value is -0.570. The molecule has 1 aromatic rings. The number of aromatic nitrogens is 1. The van der Waals surface area contributed by atoms with E-state index in [0.29, 0.717) is 16.5 Å². The van der Waals surface area contributed by atoms with E-state index < -0.39 is 0 Å². The average molecular weight is 210 g/mol. The third-order valence-electron chi connectivity index (χ3n) is 3.16. The number of nitrogen functional groups attached to an aromatic ring is 1. The van der Waals surface area contributed by atoms with E-state index in [2.05, 4.69) is 24.2 Å². The fourth-order valence-electron chi connectivity index (χ4n) is 2.44. The van der Waals surface area contributed by atoms with Gasteiger partial charge in [-0.3, -0.25) is 0 Å². The highest BCUT2D eigenvalue weighted by Crippen LogP contribution is 2.43. The molecular weight excluding hydrogens is 192 g/mol. The lowest BCUT2D eigenvalue weighted by Gasteiger charge is -2.34. The monoisotopic (exact) mass is 210 g/mol. The lowest BCUT2D eigenvalue weighted by atomic mass is 9.71. The third-order valence-corrected chi connectivity index (χ3v) is 3.86. The molecule has 78 valence electrons. The number of thiazole rings is 1. The zero-order chi connectivity index (χ0) is 10.2. The first-order valence-corrected chi connectivity index (χ1v) is 6.16. The van der Waals surface area contributed by atoms with Crippen LogP contribution in [0.5, 0.6) is 0 Å². The van der Waals surface area contributed by atoms with Crippen LogP contribution in [0.4, 0.5) is 5.13 Å².